The van der Waals surface area contributed by atoms with Crippen LogP contribution in [0.25, 0.3) is 91.9 Å². The van der Waals surface area contributed by atoms with Gasteiger partial charge in [0.1, 0.15) is 5.58 Å². The van der Waals surface area contributed by atoms with Crippen molar-refractivity contribution in [2.75, 3.05) is 0 Å². The summed E-state index contributed by atoms with van der Waals surface area (Å²) in [5.41, 5.74) is 10.0. The van der Waals surface area contributed by atoms with Gasteiger partial charge >= 0.3 is 0 Å². The summed E-state index contributed by atoms with van der Waals surface area (Å²) in [5.74, 6) is 0. The Balaban J connectivity index is 1.26. The molecule has 0 saturated carbocycles. The average Bonchev–Trinajstić information content (AvgIpc) is 3.77. The van der Waals surface area contributed by atoms with Gasteiger partial charge in [-0.05, 0) is 70.8 Å². The number of aromatic nitrogens is 1. The topological polar surface area (TPSA) is 18.1 Å². The number of fused-ring (bicyclic) bond motifs is 9. The van der Waals surface area contributed by atoms with E-state index in [1.54, 1.807) is 0 Å². The van der Waals surface area contributed by atoms with E-state index in [0.29, 0.717) is 0 Å². The maximum absolute atomic E-state index is 6.56. The van der Waals surface area contributed by atoms with E-state index < -0.39 is 0 Å². The molecule has 0 spiro atoms. The molecule has 0 fully saturated rings. The number of rotatable bonds is 3. The molecule has 0 aliphatic carbocycles. The minimum Gasteiger partial charge on any atom is -0.454 e. The molecule has 7 aromatic carbocycles. The minimum atomic E-state index is 0.904. The second-order valence-electron chi connectivity index (χ2n) is 11.7. The van der Waals surface area contributed by atoms with Crippen LogP contribution in [0.1, 0.15) is 0 Å². The quantitative estimate of drug-likeness (QED) is 0.200. The molecular formula is C42H25NOS. The van der Waals surface area contributed by atoms with Crippen molar-refractivity contribution in [3.8, 4) is 27.9 Å². The van der Waals surface area contributed by atoms with Crippen molar-refractivity contribution in [2.45, 2.75) is 0 Å². The maximum atomic E-state index is 6.56. The van der Waals surface area contributed by atoms with Crippen molar-refractivity contribution in [1.29, 1.82) is 0 Å². The van der Waals surface area contributed by atoms with Crippen molar-refractivity contribution >= 4 is 75.3 Å². The fourth-order valence-electron chi connectivity index (χ4n) is 7.08. The lowest BCUT2D eigenvalue weighted by molar-refractivity contribution is 0.666. The van der Waals surface area contributed by atoms with E-state index in [1.807, 2.05) is 17.4 Å². The van der Waals surface area contributed by atoms with Crippen LogP contribution in [0.5, 0.6) is 0 Å². The van der Waals surface area contributed by atoms with Crippen molar-refractivity contribution < 1.29 is 4.42 Å². The predicted molar refractivity (Wildman–Crippen MR) is 192 cm³/mol. The Morgan fingerprint density at radius 3 is 2.00 bits per heavy atom. The van der Waals surface area contributed by atoms with E-state index >= 15 is 0 Å². The van der Waals surface area contributed by atoms with E-state index in [-0.39, 0.29) is 0 Å². The number of furan rings is 1. The second kappa shape index (κ2) is 9.43. The zero-order valence-corrected chi connectivity index (χ0v) is 25.0. The van der Waals surface area contributed by atoms with Crippen LogP contribution in [0, 0.1) is 0 Å². The van der Waals surface area contributed by atoms with E-state index in [4.69, 9.17) is 4.42 Å². The van der Waals surface area contributed by atoms with Gasteiger partial charge in [-0.15, -0.1) is 11.3 Å². The van der Waals surface area contributed by atoms with Crippen LogP contribution in [0.15, 0.2) is 156 Å². The lowest BCUT2D eigenvalue weighted by Gasteiger charge is -2.10. The average molecular weight is 592 g/mol. The van der Waals surface area contributed by atoms with E-state index in [1.165, 1.54) is 53.2 Å². The summed E-state index contributed by atoms with van der Waals surface area (Å²) in [4.78, 5) is 0. The Hall–Kier alpha value is -5.64. The summed E-state index contributed by atoms with van der Waals surface area (Å²) in [6.45, 7) is 0. The summed E-state index contributed by atoms with van der Waals surface area (Å²) < 4.78 is 11.6. The maximum Gasteiger partial charge on any atom is 0.159 e. The van der Waals surface area contributed by atoms with Gasteiger partial charge in [-0.1, -0.05) is 103 Å². The third-order valence-corrected chi connectivity index (χ3v) is 10.4. The van der Waals surface area contributed by atoms with Crippen molar-refractivity contribution in [2.24, 2.45) is 0 Å². The highest BCUT2D eigenvalue weighted by Crippen LogP contribution is 2.41. The lowest BCUT2D eigenvalue weighted by atomic mass is 10.00. The largest absolute Gasteiger partial charge is 0.454 e. The SMILES string of the molecule is c1ccc(-c2ccc3c4cc(-c5ccc6sc7ccccc7c6c5)ccc4n(-c4cccc5c4oc4ccccc45)c3c2)cc1. The zero-order chi connectivity index (χ0) is 29.5. The minimum absolute atomic E-state index is 0.904. The first-order valence-corrected chi connectivity index (χ1v) is 16.1. The van der Waals surface area contributed by atoms with Gasteiger partial charge in [0.15, 0.2) is 5.58 Å². The van der Waals surface area contributed by atoms with E-state index in [0.717, 1.165) is 38.7 Å². The molecule has 210 valence electrons. The van der Waals surface area contributed by atoms with Gasteiger partial charge in [-0.25, -0.2) is 0 Å². The first kappa shape index (κ1) is 24.8. The first-order valence-electron chi connectivity index (χ1n) is 15.3. The normalized spacial score (nSPS) is 12.0. The molecule has 0 N–H and O–H groups in total. The Morgan fingerprint density at radius 1 is 0.400 bits per heavy atom. The van der Waals surface area contributed by atoms with Crippen LogP contribution in [0.3, 0.4) is 0 Å². The lowest BCUT2D eigenvalue weighted by Crippen LogP contribution is -1.94. The van der Waals surface area contributed by atoms with E-state index in [2.05, 4.69) is 150 Å². The van der Waals surface area contributed by atoms with Gasteiger partial charge in [0, 0.05) is 41.7 Å². The molecule has 0 saturated heterocycles. The Morgan fingerprint density at radius 2 is 1.09 bits per heavy atom. The molecule has 0 amide bonds. The van der Waals surface area contributed by atoms with Gasteiger partial charge in [0.25, 0.3) is 0 Å². The number of benzene rings is 7. The molecule has 3 heteroatoms. The van der Waals surface area contributed by atoms with Crippen LogP contribution in [0.4, 0.5) is 0 Å². The summed E-state index contributed by atoms with van der Waals surface area (Å²) in [5, 5.41) is 7.36. The highest BCUT2D eigenvalue weighted by molar-refractivity contribution is 7.25. The molecule has 0 unspecified atom stereocenters. The molecule has 2 nitrogen and oxygen atoms in total. The van der Waals surface area contributed by atoms with Crippen LogP contribution in [-0.4, -0.2) is 4.57 Å². The van der Waals surface area contributed by atoms with Crippen molar-refractivity contribution in [1.82, 2.24) is 4.57 Å². The van der Waals surface area contributed by atoms with Gasteiger partial charge in [0.05, 0.1) is 16.7 Å². The summed E-state index contributed by atoms with van der Waals surface area (Å²) in [7, 11) is 0. The summed E-state index contributed by atoms with van der Waals surface area (Å²) in [6, 6.07) is 54.8. The zero-order valence-electron chi connectivity index (χ0n) is 24.2. The smallest absolute Gasteiger partial charge is 0.159 e. The van der Waals surface area contributed by atoms with Crippen LogP contribution >= 0.6 is 11.3 Å². The third-order valence-electron chi connectivity index (χ3n) is 9.21. The van der Waals surface area contributed by atoms with Gasteiger partial charge in [-0.3, -0.25) is 0 Å². The third kappa shape index (κ3) is 3.68. The van der Waals surface area contributed by atoms with Crippen LogP contribution in [0.2, 0.25) is 0 Å². The molecule has 10 rings (SSSR count). The number of nitrogens with zero attached hydrogens (tertiary/aromatic N) is 1. The molecule has 0 aliphatic heterocycles. The molecule has 45 heavy (non-hydrogen) atoms. The summed E-state index contributed by atoms with van der Waals surface area (Å²) >= 11 is 1.86. The van der Waals surface area contributed by atoms with Crippen LogP contribution in [-0.2, 0) is 0 Å². The molecule has 0 bridgehead atoms. The van der Waals surface area contributed by atoms with Gasteiger partial charge in [-0.2, -0.15) is 0 Å². The number of hydrogen-bond donors (Lipinski definition) is 0. The predicted octanol–water partition coefficient (Wildman–Crippen LogP) is 12.4. The number of para-hydroxylation sites is 2. The fourth-order valence-corrected chi connectivity index (χ4v) is 8.17. The van der Waals surface area contributed by atoms with Crippen molar-refractivity contribution in [3.63, 3.8) is 0 Å². The highest BCUT2D eigenvalue weighted by atomic mass is 32.1. The second-order valence-corrected chi connectivity index (χ2v) is 12.8. The van der Waals surface area contributed by atoms with Gasteiger partial charge < -0.3 is 8.98 Å². The molecule has 0 aliphatic rings. The number of hydrogen-bond acceptors (Lipinski definition) is 2. The number of thiophene rings is 1. The summed E-state index contributed by atoms with van der Waals surface area (Å²) in [6.07, 6.45) is 0. The van der Waals surface area contributed by atoms with Gasteiger partial charge in [0.2, 0.25) is 0 Å². The molecule has 3 aromatic heterocycles. The molecule has 10 aromatic rings. The molecule has 3 heterocycles. The Kier molecular flexibility index (Phi) is 5.19. The van der Waals surface area contributed by atoms with Crippen molar-refractivity contribution in [3.05, 3.63) is 152 Å². The fraction of sp³-hybridized carbons (Fsp3) is 0. The first-order chi connectivity index (χ1) is 22.3. The standard InChI is InChI=1S/C42H25NOS/c1-2-9-26(10-3-1)29-17-20-30-34-23-27(28-19-22-41-35(24-28)32-12-5-7-16-40(32)45-41)18-21-36(34)43(38(30)25-29)37-14-8-13-33-31-11-4-6-15-39(31)44-42(33)37/h1-25H. The molecule has 0 radical (unpaired) electrons. The van der Waals surface area contributed by atoms with E-state index in [9.17, 15) is 0 Å². The highest BCUT2D eigenvalue weighted by Gasteiger charge is 2.19. The molecule has 0 atom stereocenters. The van der Waals surface area contributed by atoms with Crippen LogP contribution < -0.4 is 0 Å². The monoisotopic (exact) mass is 591 g/mol. The Labute approximate surface area is 263 Å². The Bertz CT molecular complexity index is 2760. The molecular weight excluding hydrogens is 567 g/mol.